The van der Waals surface area contributed by atoms with Crippen LogP contribution in [0.5, 0.6) is 0 Å². The van der Waals surface area contributed by atoms with Crippen molar-refractivity contribution < 1.29 is 12.6 Å². The summed E-state index contributed by atoms with van der Waals surface area (Å²) in [5, 5.41) is 0. The number of unbranched alkanes of at least 4 members (excludes halogenated alkanes) is 3. The van der Waals surface area contributed by atoms with Gasteiger partial charge in [0.1, 0.15) is 0 Å². The Morgan fingerprint density at radius 2 is 1.79 bits per heavy atom. The van der Waals surface area contributed by atoms with E-state index in [9.17, 15) is 8.42 Å². The van der Waals surface area contributed by atoms with E-state index in [1.165, 1.54) is 19.3 Å². The zero-order chi connectivity index (χ0) is 10.9. The monoisotopic (exact) mass is 220 g/mol. The first-order valence-corrected chi connectivity index (χ1v) is 6.87. The molecule has 0 N–H and O–H groups in total. The average molecular weight is 220 g/mol. The van der Waals surface area contributed by atoms with Gasteiger partial charge in [-0.25, -0.2) is 0 Å². The Balaban J connectivity index is 3.28. The molecule has 0 aromatic carbocycles. The zero-order valence-electron chi connectivity index (χ0n) is 9.03. The predicted octanol–water partition coefficient (Wildman–Crippen LogP) is 2.49. The van der Waals surface area contributed by atoms with Crippen LogP contribution < -0.4 is 0 Å². The molecule has 14 heavy (non-hydrogen) atoms. The van der Waals surface area contributed by atoms with E-state index >= 15 is 0 Å². The minimum atomic E-state index is -3.26. The number of allylic oxidation sites excluding steroid dienone is 1. The fraction of sp³-hybridized carbons (Fsp3) is 0.800. The van der Waals surface area contributed by atoms with E-state index in [-0.39, 0.29) is 6.61 Å². The molecule has 0 saturated carbocycles. The Morgan fingerprint density at radius 1 is 1.14 bits per heavy atom. The summed E-state index contributed by atoms with van der Waals surface area (Å²) >= 11 is 0. The Hall–Kier alpha value is -0.350. The molecule has 0 radical (unpaired) electrons. The number of rotatable bonds is 8. The molecular weight excluding hydrogens is 200 g/mol. The lowest BCUT2D eigenvalue weighted by atomic mass is 10.2. The van der Waals surface area contributed by atoms with Crippen LogP contribution in [0.3, 0.4) is 0 Å². The molecule has 3 nitrogen and oxygen atoms in total. The van der Waals surface area contributed by atoms with E-state index in [0.717, 1.165) is 12.7 Å². The first-order valence-electron chi connectivity index (χ1n) is 5.05. The number of hydrogen-bond donors (Lipinski definition) is 0. The third-order valence-corrected chi connectivity index (χ3v) is 2.32. The van der Waals surface area contributed by atoms with Gasteiger partial charge in [0.15, 0.2) is 0 Å². The highest BCUT2D eigenvalue weighted by atomic mass is 32.2. The Morgan fingerprint density at radius 3 is 2.36 bits per heavy atom. The van der Waals surface area contributed by atoms with E-state index in [0.29, 0.717) is 6.42 Å². The van der Waals surface area contributed by atoms with Crippen molar-refractivity contribution in [2.24, 2.45) is 0 Å². The molecule has 0 unspecified atom stereocenters. The lowest BCUT2D eigenvalue weighted by Gasteiger charge is -1.96. The van der Waals surface area contributed by atoms with E-state index in [4.69, 9.17) is 0 Å². The van der Waals surface area contributed by atoms with Crippen LogP contribution in [0.1, 0.15) is 39.0 Å². The molecule has 0 aromatic heterocycles. The Labute approximate surface area is 87.3 Å². The molecule has 0 aromatic rings. The second kappa shape index (κ2) is 8.00. The van der Waals surface area contributed by atoms with Crippen LogP contribution in [0.25, 0.3) is 0 Å². The van der Waals surface area contributed by atoms with E-state index < -0.39 is 10.1 Å². The standard InChI is InChI=1S/C10H20O3S/c1-3-4-5-6-7-8-9-10-13-14(2,11)12/h7-8H,3-6,9-10H2,1-2H3. The summed E-state index contributed by atoms with van der Waals surface area (Å²) in [5.74, 6) is 0. The average Bonchev–Trinajstić information content (AvgIpc) is 2.08. The van der Waals surface area contributed by atoms with Crippen molar-refractivity contribution in [3.8, 4) is 0 Å². The van der Waals surface area contributed by atoms with E-state index in [2.05, 4.69) is 17.2 Å². The summed E-state index contributed by atoms with van der Waals surface area (Å²) < 4.78 is 25.7. The minimum absolute atomic E-state index is 0.253. The van der Waals surface area contributed by atoms with Crippen molar-refractivity contribution in [3.63, 3.8) is 0 Å². The lowest BCUT2D eigenvalue weighted by Crippen LogP contribution is -2.02. The van der Waals surface area contributed by atoms with Crippen molar-refractivity contribution >= 4 is 10.1 Å². The van der Waals surface area contributed by atoms with Gasteiger partial charge in [0.05, 0.1) is 12.9 Å². The van der Waals surface area contributed by atoms with Crippen molar-refractivity contribution in [2.45, 2.75) is 39.0 Å². The molecule has 0 aliphatic carbocycles. The highest BCUT2D eigenvalue weighted by Crippen LogP contribution is 2.00. The Bertz CT molecular complexity index is 242. The summed E-state index contributed by atoms with van der Waals surface area (Å²) in [5.41, 5.74) is 0. The van der Waals surface area contributed by atoms with Gasteiger partial charge >= 0.3 is 0 Å². The first kappa shape index (κ1) is 13.7. The van der Waals surface area contributed by atoms with Crippen LogP contribution in [0, 0.1) is 0 Å². The predicted molar refractivity (Wildman–Crippen MR) is 58.7 cm³/mol. The van der Waals surface area contributed by atoms with Gasteiger partial charge in [0.25, 0.3) is 10.1 Å². The third-order valence-electron chi connectivity index (χ3n) is 1.72. The zero-order valence-corrected chi connectivity index (χ0v) is 9.85. The summed E-state index contributed by atoms with van der Waals surface area (Å²) in [6.07, 6.45) is 10.6. The van der Waals surface area contributed by atoms with Crippen LogP contribution in [0.2, 0.25) is 0 Å². The number of hydrogen-bond acceptors (Lipinski definition) is 3. The largest absolute Gasteiger partial charge is 0.270 e. The molecule has 0 atom stereocenters. The van der Waals surface area contributed by atoms with Gasteiger partial charge in [-0.1, -0.05) is 31.9 Å². The van der Waals surface area contributed by atoms with Gasteiger partial charge in [0.2, 0.25) is 0 Å². The maximum Gasteiger partial charge on any atom is 0.264 e. The fourth-order valence-corrected chi connectivity index (χ4v) is 1.41. The molecule has 0 rings (SSSR count). The van der Waals surface area contributed by atoms with E-state index in [1.54, 1.807) is 0 Å². The topological polar surface area (TPSA) is 43.4 Å². The van der Waals surface area contributed by atoms with Gasteiger partial charge in [-0.15, -0.1) is 0 Å². The lowest BCUT2D eigenvalue weighted by molar-refractivity contribution is 0.328. The van der Waals surface area contributed by atoms with Crippen LogP contribution >= 0.6 is 0 Å². The van der Waals surface area contributed by atoms with Gasteiger partial charge < -0.3 is 0 Å². The summed E-state index contributed by atoms with van der Waals surface area (Å²) in [7, 11) is -3.26. The molecule has 0 aliphatic heterocycles. The molecular formula is C10H20O3S. The quantitative estimate of drug-likeness (QED) is 0.358. The van der Waals surface area contributed by atoms with Crippen molar-refractivity contribution in [3.05, 3.63) is 12.2 Å². The highest BCUT2D eigenvalue weighted by Gasteiger charge is 1.98. The smallest absolute Gasteiger partial charge is 0.264 e. The third kappa shape index (κ3) is 11.6. The van der Waals surface area contributed by atoms with Crippen LogP contribution in [0.4, 0.5) is 0 Å². The fourth-order valence-electron chi connectivity index (χ4n) is 1.02. The molecule has 0 heterocycles. The molecule has 0 fully saturated rings. The van der Waals surface area contributed by atoms with Gasteiger partial charge in [-0.05, 0) is 19.3 Å². The second-order valence-electron chi connectivity index (χ2n) is 3.28. The SMILES string of the molecule is CCCCCC=CCCOS(C)(=O)=O. The maximum absolute atomic E-state index is 10.6. The summed E-state index contributed by atoms with van der Waals surface area (Å²) in [6.45, 7) is 2.42. The van der Waals surface area contributed by atoms with Crippen molar-refractivity contribution in [1.29, 1.82) is 0 Å². The van der Waals surface area contributed by atoms with Gasteiger partial charge in [-0.2, -0.15) is 8.42 Å². The van der Waals surface area contributed by atoms with Crippen LogP contribution in [0.15, 0.2) is 12.2 Å². The molecule has 0 saturated heterocycles. The molecule has 0 aliphatic rings. The normalized spacial score (nSPS) is 12.4. The molecule has 0 amide bonds. The molecule has 0 bridgehead atoms. The summed E-state index contributed by atoms with van der Waals surface area (Å²) in [4.78, 5) is 0. The van der Waals surface area contributed by atoms with Crippen LogP contribution in [-0.2, 0) is 14.3 Å². The summed E-state index contributed by atoms with van der Waals surface area (Å²) in [6, 6.07) is 0. The van der Waals surface area contributed by atoms with Gasteiger partial charge in [-0.3, -0.25) is 4.18 Å². The van der Waals surface area contributed by atoms with Crippen molar-refractivity contribution in [2.75, 3.05) is 12.9 Å². The molecule has 84 valence electrons. The van der Waals surface area contributed by atoms with Crippen LogP contribution in [-0.4, -0.2) is 21.3 Å². The van der Waals surface area contributed by atoms with Crippen molar-refractivity contribution in [1.82, 2.24) is 0 Å². The van der Waals surface area contributed by atoms with E-state index in [1.807, 2.05) is 6.08 Å². The second-order valence-corrected chi connectivity index (χ2v) is 4.93. The first-order chi connectivity index (χ1) is 6.56. The molecule has 4 heteroatoms. The molecule has 0 spiro atoms. The maximum atomic E-state index is 10.6. The Kier molecular flexibility index (Phi) is 7.80. The minimum Gasteiger partial charge on any atom is -0.270 e. The van der Waals surface area contributed by atoms with Gasteiger partial charge in [0, 0.05) is 0 Å². The highest BCUT2D eigenvalue weighted by molar-refractivity contribution is 7.85.